The first-order valence-electron chi connectivity index (χ1n) is 11.0. The number of fused-ring (bicyclic) bond motifs is 1. The van der Waals surface area contributed by atoms with Crippen molar-refractivity contribution in [1.29, 1.82) is 0 Å². The average molecular weight is 450 g/mol. The summed E-state index contributed by atoms with van der Waals surface area (Å²) >= 11 is 0. The molecule has 9 heteroatoms. The van der Waals surface area contributed by atoms with E-state index in [0.717, 1.165) is 12.0 Å². The fourth-order valence-corrected chi connectivity index (χ4v) is 4.35. The quantitative estimate of drug-likeness (QED) is 0.626. The van der Waals surface area contributed by atoms with Crippen LogP contribution in [0.15, 0.2) is 54.6 Å². The highest BCUT2D eigenvalue weighted by Gasteiger charge is 2.47. The Bertz CT molecular complexity index is 1060. The highest BCUT2D eigenvalue weighted by atomic mass is 16.2. The molecule has 2 heterocycles. The molecule has 9 nitrogen and oxygen atoms in total. The van der Waals surface area contributed by atoms with Crippen molar-refractivity contribution in [3.05, 3.63) is 60.2 Å². The van der Waals surface area contributed by atoms with Crippen LogP contribution in [0.2, 0.25) is 0 Å². The number of hydrogen-bond acceptors (Lipinski definition) is 5. The Morgan fingerprint density at radius 2 is 1.76 bits per heavy atom. The molecule has 5 amide bonds. The molecular formula is C24H27N5O4. The molecule has 0 radical (unpaired) electrons. The third kappa shape index (κ3) is 5.20. The number of nitrogens with zero attached hydrogens (tertiary/aromatic N) is 2. The SMILES string of the molecule is CC(=O)Nc1cccc(NC(=O)CN2C(=O)N(Cc3ccccc3)C(=O)C3NCCCC32)c1. The first-order valence-corrected chi connectivity index (χ1v) is 11.0. The predicted molar refractivity (Wildman–Crippen MR) is 123 cm³/mol. The number of piperidine rings is 1. The number of rotatable bonds is 6. The summed E-state index contributed by atoms with van der Waals surface area (Å²) in [6, 6.07) is 14.7. The molecule has 2 aliphatic heterocycles. The molecular weight excluding hydrogens is 422 g/mol. The Kier molecular flexibility index (Phi) is 6.69. The molecule has 2 aromatic rings. The normalized spacial score (nSPS) is 20.3. The summed E-state index contributed by atoms with van der Waals surface area (Å²) in [6.07, 6.45) is 1.47. The number of nitrogens with one attached hydrogen (secondary N) is 3. The fraction of sp³-hybridized carbons (Fsp3) is 0.333. The zero-order valence-corrected chi connectivity index (χ0v) is 18.4. The van der Waals surface area contributed by atoms with Crippen molar-refractivity contribution in [2.24, 2.45) is 0 Å². The van der Waals surface area contributed by atoms with Crippen molar-refractivity contribution in [3.8, 4) is 0 Å². The summed E-state index contributed by atoms with van der Waals surface area (Å²) in [6.45, 7) is 2.07. The summed E-state index contributed by atoms with van der Waals surface area (Å²) < 4.78 is 0. The molecule has 0 aromatic heterocycles. The van der Waals surface area contributed by atoms with Gasteiger partial charge in [0.25, 0.3) is 0 Å². The van der Waals surface area contributed by atoms with E-state index in [0.29, 0.717) is 24.3 Å². The number of benzene rings is 2. The van der Waals surface area contributed by atoms with Gasteiger partial charge in [0, 0.05) is 18.3 Å². The topological polar surface area (TPSA) is 111 Å². The molecule has 2 aliphatic rings. The van der Waals surface area contributed by atoms with Gasteiger partial charge in [0.05, 0.1) is 12.6 Å². The standard InChI is InChI=1S/C24H27N5O4/c1-16(30)26-18-9-5-10-19(13-18)27-21(31)15-28-20-11-6-12-25-22(20)23(32)29(24(28)33)14-17-7-3-2-4-8-17/h2-5,7-10,13,20,22,25H,6,11-12,14-15H2,1H3,(H,26,30)(H,27,31). The van der Waals surface area contributed by atoms with Gasteiger partial charge in [-0.15, -0.1) is 0 Å². The number of imide groups is 1. The molecule has 2 fully saturated rings. The van der Waals surface area contributed by atoms with E-state index in [1.807, 2.05) is 30.3 Å². The second-order valence-corrected chi connectivity index (χ2v) is 8.27. The first kappa shape index (κ1) is 22.5. The minimum atomic E-state index is -0.531. The van der Waals surface area contributed by atoms with Crippen molar-refractivity contribution < 1.29 is 19.2 Å². The molecule has 4 rings (SSSR count). The zero-order chi connectivity index (χ0) is 23.4. The van der Waals surface area contributed by atoms with E-state index in [4.69, 9.17) is 0 Å². The van der Waals surface area contributed by atoms with Gasteiger partial charge in [-0.2, -0.15) is 0 Å². The van der Waals surface area contributed by atoms with E-state index in [2.05, 4.69) is 16.0 Å². The molecule has 33 heavy (non-hydrogen) atoms. The van der Waals surface area contributed by atoms with Gasteiger partial charge < -0.3 is 20.9 Å². The summed E-state index contributed by atoms with van der Waals surface area (Å²) in [5.41, 5.74) is 1.91. The first-order chi connectivity index (χ1) is 15.9. The minimum absolute atomic E-state index is 0.153. The molecule has 3 N–H and O–H groups in total. The van der Waals surface area contributed by atoms with Gasteiger partial charge in [-0.25, -0.2) is 4.79 Å². The molecule has 0 spiro atoms. The van der Waals surface area contributed by atoms with E-state index in [-0.39, 0.29) is 36.9 Å². The van der Waals surface area contributed by atoms with Crippen molar-refractivity contribution in [1.82, 2.24) is 15.1 Å². The van der Waals surface area contributed by atoms with Crippen LogP contribution < -0.4 is 16.0 Å². The molecule has 0 saturated carbocycles. The summed E-state index contributed by atoms with van der Waals surface area (Å²) in [5.74, 6) is -0.841. The Hall–Kier alpha value is -3.72. The van der Waals surface area contributed by atoms with E-state index < -0.39 is 12.1 Å². The lowest BCUT2D eigenvalue weighted by Crippen LogP contribution is -2.70. The molecule has 2 atom stereocenters. The fourth-order valence-electron chi connectivity index (χ4n) is 4.35. The Morgan fingerprint density at radius 3 is 2.48 bits per heavy atom. The van der Waals surface area contributed by atoms with Crippen LogP contribution in [-0.4, -0.2) is 58.7 Å². The minimum Gasteiger partial charge on any atom is -0.326 e. The van der Waals surface area contributed by atoms with Gasteiger partial charge in [0.15, 0.2) is 0 Å². The van der Waals surface area contributed by atoms with Gasteiger partial charge in [0.2, 0.25) is 17.7 Å². The van der Waals surface area contributed by atoms with Gasteiger partial charge in [-0.3, -0.25) is 19.3 Å². The highest BCUT2D eigenvalue weighted by Crippen LogP contribution is 2.26. The third-order valence-electron chi connectivity index (χ3n) is 5.80. The number of anilines is 2. The van der Waals surface area contributed by atoms with Crippen molar-refractivity contribution in [2.75, 3.05) is 23.7 Å². The number of carbonyl (C=O) groups is 4. The van der Waals surface area contributed by atoms with Crippen LogP contribution in [0.4, 0.5) is 16.2 Å². The Labute approximate surface area is 192 Å². The maximum atomic E-state index is 13.3. The van der Waals surface area contributed by atoms with Crippen molar-refractivity contribution in [2.45, 2.75) is 38.4 Å². The van der Waals surface area contributed by atoms with Crippen LogP contribution in [0, 0.1) is 0 Å². The third-order valence-corrected chi connectivity index (χ3v) is 5.80. The van der Waals surface area contributed by atoms with Crippen molar-refractivity contribution in [3.63, 3.8) is 0 Å². The van der Waals surface area contributed by atoms with E-state index in [1.54, 1.807) is 24.3 Å². The van der Waals surface area contributed by atoms with Gasteiger partial charge in [-0.05, 0) is 43.1 Å². The summed E-state index contributed by atoms with van der Waals surface area (Å²) in [4.78, 5) is 53.3. The molecule has 0 bridgehead atoms. The molecule has 2 aromatic carbocycles. The van der Waals surface area contributed by atoms with Crippen LogP contribution in [0.1, 0.15) is 25.3 Å². The lowest BCUT2D eigenvalue weighted by Gasteiger charge is -2.46. The largest absolute Gasteiger partial charge is 0.327 e. The average Bonchev–Trinajstić information content (AvgIpc) is 2.80. The van der Waals surface area contributed by atoms with E-state index in [9.17, 15) is 19.2 Å². The van der Waals surface area contributed by atoms with E-state index >= 15 is 0 Å². The lowest BCUT2D eigenvalue weighted by molar-refractivity contribution is -0.138. The predicted octanol–water partition coefficient (Wildman–Crippen LogP) is 2.17. The Balaban J connectivity index is 1.50. The summed E-state index contributed by atoms with van der Waals surface area (Å²) in [5, 5.41) is 8.69. The number of carbonyl (C=O) groups excluding carboxylic acids is 4. The molecule has 0 aliphatic carbocycles. The van der Waals surface area contributed by atoms with Crippen LogP contribution in [0.3, 0.4) is 0 Å². The Morgan fingerprint density at radius 1 is 1.03 bits per heavy atom. The lowest BCUT2D eigenvalue weighted by atomic mass is 9.93. The number of amides is 5. The van der Waals surface area contributed by atoms with Gasteiger partial charge >= 0.3 is 6.03 Å². The van der Waals surface area contributed by atoms with Crippen molar-refractivity contribution >= 4 is 35.1 Å². The monoisotopic (exact) mass is 449 g/mol. The van der Waals surface area contributed by atoms with Crippen LogP contribution in [0.5, 0.6) is 0 Å². The highest BCUT2D eigenvalue weighted by molar-refractivity contribution is 6.03. The number of urea groups is 1. The molecule has 2 unspecified atom stereocenters. The molecule has 2 saturated heterocycles. The van der Waals surface area contributed by atoms with Crippen LogP contribution in [0.25, 0.3) is 0 Å². The van der Waals surface area contributed by atoms with Gasteiger partial charge in [0.1, 0.15) is 12.6 Å². The summed E-state index contributed by atoms with van der Waals surface area (Å²) in [7, 11) is 0. The second kappa shape index (κ2) is 9.83. The second-order valence-electron chi connectivity index (χ2n) is 8.27. The zero-order valence-electron chi connectivity index (χ0n) is 18.4. The maximum Gasteiger partial charge on any atom is 0.327 e. The van der Waals surface area contributed by atoms with E-state index in [1.165, 1.54) is 16.7 Å². The van der Waals surface area contributed by atoms with Gasteiger partial charge in [-0.1, -0.05) is 36.4 Å². The molecule has 172 valence electrons. The number of hydrogen-bond donors (Lipinski definition) is 3. The van der Waals surface area contributed by atoms with Crippen LogP contribution in [-0.2, 0) is 20.9 Å². The maximum absolute atomic E-state index is 13.3. The smallest absolute Gasteiger partial charge is 0.326 e. The van der Waals surface area contributed by atoms with Crippen LogP contribution >= 0.6 is 0 Å².